The van der Waals surface area contributed by atoms with Crippen LogP contribution in [0.25, 0.3) is 0 Å². The quantitative estimate of drug-likeness (QED) is 0.194. The molecule has 0 spiro atoms. The van der Waals surface area contributed by atoms with E-state index in [0.29, 0.717) is 5.56 Å². The second-order valence-electron chi connectivity index (χ2n) is 8.56. The SMILES string of the molecule is CC(c1ccc(C(C)(C)C)cc1)c1cccc(C=Nc2c(F)c(F)c(F)c(F)c2F)c1O. The van der Waals surface area contributed by atoms with Crippen molar-refractivity contribution in [2.75, 3.05) is 0 Å². The van der Waals surface area contributed by atoms with Crippen LogP contribution < -0.4 is 0 Å². The highest BCUT2D eigenvalue weighted by molar-refractivity contribution is 5.86. The standard InChI is InChI=1S/C25H22F5NO/c1-13(14-8-10-16(11-9-14)25(2,3)4)17-7-5-6-15(24(17)32)12-31-23-21(29)19(27)18(26)20(28)22(23)30/h5-13,32H,1-4H3. The topological polar surface area (TPSA) is 32.6 Å². The normalized spacial score (nSPS) is 13.0. The molecule has 0 saturated heterocycles. The third kappa shape index (κ3) is 4.38. The molecule has 0 radical (unpaired) electrons. The molecule has 0 bridgehead atoms. The van der Waals surface area contributed by atoms with Crippen molar-refractivity contribution in [3.8, 4) is 5.75 Å². The van der Waals surface area contributed by atoms with Gasteiger partial charge in [-0.2, -0.15) is 0 Å². The lowest BCUT2D eigenvalue weighted by Crippen LogP contribution is -2.11. The number of aliphatic imine (C=N–C) groups is 1. The van der Waals surface area contributed by atoms with E-state index in [1.165, 1.54) is 6.07 Å². The number of phenols is 1. The van der Waals surface area contributed by atoms with Crippen LogP contribution in [0.5, 0.6) is 5.75 Å². The second-order valence-corrected chi connectivity index (χ2v) is 8.56. The Hall–Kier alpha value is -3.22. The highest BCUT2D eigenvalue weighted by Gasteiger charge is 2.25. The average molecular weight is 447 g/mol. The molecule has 168 valence electrons. The Morgan fingerprint density at radius 3 is 1.88 bits per heavy atom. The van der Waals surface area contributed by atoms with Gasteiger partial charge in [-0.05, 0) is 22.6 Å². The van der Waals surface area contributed by atoms with Crippen LogP contribution in [-0.2, 0) is 5.41 Å². The van der Waals surface area contributed by atoms with Gasteiger partial charge in [-0.3, -0.25) is 0 Å². The Kier molecular flexibility index (Phi) is 6.39. The van der Waals surface area contributed by atoms with Crippen molar-refractivity contribution in [2.24, 2.45) is 4.99 Å². The molecule has 0 aliphatic rings. The van der Waals surface area contributed by atoms with E-state index >= 15 is 0 Å². The largest absolute Gasteiger partial charge is 0.507 e. The maximum atomic E-state index is 13.9. The first-order valence-corrected chi connectivity index (χ1v) is 9.91. The molecule has 3 aromatic carbocycles. The van der Waals surface area contributed by atoms with Gasteiger partial charge < -0.3 is 5.11 Å². The van der Waals surface area contributed by atoms with Crippen LogP contribution in [0.4, 0.5) is 27.6 Å². The molecule has 1 unspecified atom stereocenters. The molecule has 1 atom stereocenters. The van der Waals surface area contributed by atoms with E-state index in [9.17, 15) is 27.1 Å². The molecule has 0 aromatic heterocycles. The number of rotatable bonds is 4. The number of hydrogen-bond acceptors (Lipinski definition) is 2. The average Bonchev–Trinajstić information content (AvgIpc) is 2.76. The van der Waals surface area contributed by atoms with Crippen LogP contribution in [0.2, 0.25) is 0 Å². The molecule has 0 aliphatic heterocycles. The molecule has 0 saturated carbocycles. The van der Waals surface area contributed by atoms with Gasteiger partial charge in [-0.1, -0.05) is 64.1 Å². The van der Waals surface area contributed by atoms with Crippen molar-refractivity contribution >= 4 is 11.9 Å². The number of aromatic hydroxyl groups is 1. The zero-order chi connectivity index (χ0) is 23.8. The lowest BCUT2D eigenvalue weighted by atomic mass is 9.84. The minimum Gasteiger partial charge on any atom is -0.507 e. The maximum Gasteiger partial charge on any atom is 0.200 e. The van der Waals surface area contributed by atoms with Crippen LogP contribution in [0.3, 0.4) is 0 Å². The van der Waals surface area contributed by atoms with Gasteiger partial charge in [0.05, 0.1) is 0 Å². The monoisotopic (exact) mass is 447 g/mol. The van der Waals surface area contributed by atoms with Gasteiger partial charge in [-0.15, -0.1) is 0 Å². The molecule has 32 heavy (non-hydrogen) atoms. The third-order valence-corrected chi connectivity index (χ3v) is 5.36. The van der Waals surface area contributed by atoms with Crippen LogP contribution in [-0.4, -0.2) is 11.3 Å². The van der Waals surface area contributed by atoms with Gasteiger partial charge in [0.2, 0.25) is 5.82 Å². The highest BCUT2D eigenvalue weighted by atomic mass is 19.2. The smallest absolute Gasteiger partial charge is 0.200 e. The third-order valence-electron chi connectivity index (χ3n) is 5.36. The number of benzene rings is 3. The van der Waals surface area contributed by atoms with Gasteiger partial charge in [0, 0.05) is 23.3 Å². The van der Waals surface area contributed by atoms with Crippen molar-refractivity contribution in [3.63, 3.8) is 0 Å². The van der Waals surface area contributed by atoms with E-state index < -0.39 is 34.8 Å². The summed E-state index contributed by atoms with van der Waals surface area (Å²) in [7, 11) is 0. The van der Waals surface area contributed by atoms with Crippen LogP contribution in [0.1, 0.15) is 55.9 Å². The van der Waals surface area contributed by atoms with Crippen LogP contribution in [0.15, 0.2) is 47.5 Å². The van der Waals surface area contributed by atoms with Crippen molar-refractivity contribution < 1.29 is 27.1 Å². The van der Waals surface area contributed by atoms with Crippen LogP contribution in [0, 0.1) is 29.1 Å². The number of hydrogen-bond donors (Lipinski definition) is 1. The zero-order valence-corrected chi connectivity index (χ0v) is 18.0. The molecule has 2 nitrogen and oxygen atoms in total. The van der Waals surface area contributed by atoms with E-state index in [4.69, 9.17) is 0 Å². The van der Waals surface area contributed by atoms with E-state index in [1.54, 1.807) is 12.1 Å². The van der Waals surface area contributed by atoms with Gasteiger partial charge in [0.15, 0.2) is 23.3 Å². The first kappa shape index (κ1) is 23.4. The number of nitrogens with zero attached hydrogens (tertiary/aromatic N) is 1. The fraction of sp³-hybridized carbons (Fsp3) is 0.240. The van der Waals surface area contributed by atoms with Gasteiger partial charge >= 0.3 is 0 Å². The lowest BCUT2D eigenvalue weighted by molar-refractivity contribution is 0.381. The summed E-state index contributed by atoms with van der Waals surface area (Å²) in [6.45, 7) is 8.19. The first-order chi connectivity index (χ1) is 14.9. The summed E-state index contributed by atoms with van der Waals surface area (Å²) < 4.78 is 67.7. The summed E-state index contributed by atoms with van der Waals surface area (Å²) in [5.74, 6) is -10.9. The summed E-state index contributed by atoms with van der Waals surface area (Å²) >= 11 is 0. The number of halogens is 5. The minimum absolute atomic E-state index is 0.00978. The number of para-hydroxylation sites is 1. The van der Waals surface area contributed by atoms with Gasteiger partial charge in [-0.25, -0.2) is 26.9 Å². The fourth-order valence-corrected chi connectivity index (χ4v) is 3.33. The Bertz CT molecular complexity index is 1150. The molecule has 1 N–H and O–H groups in total. The molecule has 0 fully saturated rings. The van der Waals surface area contributed by atoms with E-state index in [1.807, 2.05) is 31.2 Å². The van der Waals surface area contributed by atoms with Crippen molar-refractivity contribution in [1.29, 1.82) is 0 Å². The molecule has 0 heterocycles. The van der Waals surface area contributed by atoms with E-state index in [-0.39, 0.29) is 22.6 Å². The van der Waals surface area contributed by atoms with Crippen LogP contribution >= 0.6 is 0 Å². The summed E-state index contributed by atoms with van der Waals surface area (Å²) in [6, 6.07) is 12.7. The summed E-state index contributed by atoms with van der Waals surface area (Å²) in [5.41, 5.74) is 1.35. The molecule has 7 heteroatoms. The van der Waals surface area contributed by atoms with Crippen molar-refractivity contribution in [2.45, 2.75) is 39.0 Å². The molecule has 3 aromatic rings. The zero-order valence-electron chi connectivity index (χ0n) is 18.0. The van der Waals surface area contributed by atoms with E-state index in [2.05, 4.69) is 25.8 Å². The predicted molar refractivity (Wildman–Crippen MR) is 114 cm³/mol. The van der Waals surface area contributed by atoms with Crippen molar-refractivity contribution in [3.05, 3.63) is 93.8 Å². The first-order valence-electron chi connectivity index (χ1n) is 9.91. The Morgan fingerprint density at radius 2 is 1.34 bits per heavy atom. The van der Waals surface area contributed by atoms with Crippen molar-refractivity contribution in [1.82, 2.24) is 0 Å². The number of phenolic OH excluding ortho intramolecular Hbond substituents is 1. The molecular weight excluding hydrogens is 425 g/mol. The summed E-state index contributed by atoms with van der Waals surface area (Å²) in [4.78, 5) is 3.43. The Balaban J connectivity index is 1.96. The molecule has 0 aliphatic carbocycles. The summed E-state index contributed by atoms with van der Waals surface area (Å²) in [6.07, 6.45) is 0.868. The predicted octanol–water partition coefficient (Wildman–Crippen LogP) is 7.29. The molecule has 0 amide bonds. The van der Waals surface area contributed by atoms with Gasteiger partial charge in [0.1, 0.15) is 11.4 Å². The fourth-order valence-electron chi connectivity index (χ4n) is 3.33. The lowest BCUT2D eigenvalue weighted by Gasteiger charge is -2.21. The molecular formula is C25H22F5NO. The Morgan fingerprint density at radius 1 is 0.812 bits per heavy atom. The summed E-state index contributed by atoms with van der Waals surface area (Å²) in [5, 5.41) is 10.7. The maximum absolute atomic E-state index is 13.9. The minimum atomic E-state index is -2.25. The van der Waals surface area contributed by atoms with Gasteiger partial charge in [0.25, 0.3) is 0 Å². The second kappa shape index (κ2) is 8.73. The Labute approximate surface area is 183 Å². The van der Waals surface area contributed by atoms with E-state index in [0.717, 1.165) is 17.3 Å². The highest BCUT2D eigenvalue weighted by Crippen LogP contribution is 2.35. The molecule has 3 rings (SSSR count).